The van der Waals surface area contributed by atoms with Crippen LogP contribution in [0.15, 0.2) is 60.0 Å². The average Bonchev–Trinajstić information content (AvgIpc) is 3.07. The third-order valence-electron chi connectivity index (χ3n) is 3.11. The van der Waals surface area contributed by atoms with Crippen molar-refractivity contribution in [2.24, 2.45) is 5.11 Å². The molecular formula is C14H11N7. The van der Waals surface area contributed by atoms with Gasteiger partial charge in [-0.05, 0) is 33.2 Å². The fraction of sp³-hybridized carbons (Fsp3) is 0.0714. The molecule has 0 amide bonds. The molecule has 0 aliphatic rings. The van der Waals surface area contributed by atoms with Crippen LogP contribution in [0.2, 0.25) is 0 Å². The summed E-state index contributed by atoms with van der Waals surface area (Å²) in [5.41, 5.74) is 12.3. The quantitative estimate of drug-likeness (QED) is 0.416. The van der Waals surface area contributed by atoms with Gasteiger partial charge in [-0.3, -0.25) is 0 Å². The lowest BCUT2D eigenvalue weighted by Crippen LogP contribution is -1.99. The third-order valence-corrected chi connectivity index (χ3v) is 3.11. The number of nitrogens with zero attached hydrogens (tertiary/aromatic N) is 7. The van der Waals surface area contributed by atoms with E-state index in [9.17, 15) is 0 Å². The summed E-state index contributed by atoms with van der Waals surface area (Å²) >= 11 is 0. The summed E-state index contributed by atoms with van der Waals surface area (Å²) in [7, 11) is 0. The van der Waals surface area contributed by atoms with Gasteiger partial charge in [-0.25, -0.2) is 0 Å². The van der Waals surface area contributed by atoms with Gasteiger partial charge in [-0.1, -0.05) is 47.6 Å². The van der Waals surface area contributed by atoms with Crippen LogP contribution in [0.5, 0.6) is 0 Å². The van der Waals surface area contributed by atoms with E-state index in [1.54, 1.807) is 11.0 Å². The van der Waals surface area contributed by atoms with Crippen molar-refractivity contribution in [3.8, 4) is 16.8 Å². The summed E-state index contributed by atoms with van der Waals surface area (Å²) in [6.07, 6.45) is 1.55. The molecule has 0 aliphatic heterocycles. The van der Waals surface area contributed by atoms with Crippen LogP contribution in [0, 0.1) is 0 Å². The summed E-state index contributed by atoms with van der Waals surface area (Å²) in [4.78, 5) is 2.83. The summed E-state index contributed by atoms with van der Waals surface area (Å²) < 4.78 is 1.61. The van der Waals surface area contributed by atoms with Gasteiger partial charge in [-0.2, -0.15) is 4.68 Å². The lowest BCUT2D eigenvalue weighted by Gasteiger charge is -2.12. The van der Waals surface area contributed by atoms with Crippen molar-refractivity contribution in [3.05, 3.63) is 70.9 Å². The molecule has 0 radical (unpaired) electrons. The second-order valence-electron chi connectivity index (χ2n) is 4.32. The van der Waals surface area contributed by atoms with Gasteiger partial charge in [0.1, 0.15) is 6.33 Å². The number of hydrogen-bond acceptors (Lipinski definition) is 4. The van der Waals surface area contributed by atoms with Crippen molar-refractivity contribution in [1.82, 2.24) is 20.2 Å². The van der Waals surface area contributed by atoms with Gasteiger partial charge in [0, 0.05) is 10.5 Å². The zero-order chi connectivity index (χ0) is 14.5. The Kier molecular flexibility index (Phi) is 3.58. The summed E-state index contributed by atoms with van der Waals surface area (Å²) in [6.45, 7) is 0.302. The Hall–Kier alpha value is -3.18. The highest BCUT2D eigenvalue weighted by Gasteiger charge is 2.10. The minimum atomic E-state index is 0.302. The molecule has 0 bridgehead atoms. The minimum absolute atomic E-state index is 0.302. The number of tetrazole rings is 1. The molecule has 21 heavy (non-hydrogen) atoms. The second kappa shape index (κ2) is 5.85. The number of rotatable bonds is 4. The van der Waals surface area contributed by atoms with Crippen LogP contribution in [-0.2, 0) is 6.54 Å². The Morgan fingerprint density at radius 3 is 2.57 bits per heavy atom. The molecule has 0 aliphatic carbocycles. The van der Waals surface area contributed by atoms with E-state index in [1.165, 1.54) is 0 Å². The van der Waals surface area contributed by atoms with E-state index < -0.39 is 0 Å². The van der Waals surface area contributed by atoms with E-state index >= 15 is 0 Å². The van der Waals surface area contributed by atoms with Crippen molar-refractivity contribution in [2.45, 2.75) is 6.54 Å². The summed E-state index contributed by atoms with van der Waals surface area (Å²) in [5, 5.41) is 14.9. The van der Waals surface area contributed by atoms with Crippen LogP contribution in [-0.4, -0.2) is 20.2 Å². The fourth-order valence-corrected chi connectivity index (χ4v) is 2.20. The van der Waals surface area contributed by atoms with E-state index in [1.807, 2.05) is 48.5 Å². The van der Waals surface area contributed by atoms with Gasteiger partial charge in [0.15, 0.2) is 0 Å². The van der Waals surface area contributed by atoms with Crippen LogP contribution < -0.4 is 0 Å². The highest BCUT2D eigenvalue weighted by Crippen LogP contribution is 2.29. The molecule has 0 saturated carbocycles. The first-order chi connectivity index (χ1) is 10.4. The largest absolute Gasteiger partial charge is 0.200 e. The zero-order valence-corrected chi connectivity index (χ0v) is 11.0. The lowest BCUT2D eigenvalue weighted by molar-refractivity contribution is 0.790. The van der Waals surface area contributed by atoms with Crippen LogP contribution in [0.25, 0.3) is 27.3 Å². The van der Waals surface area contributed by atoms with Crippen molar-refractivity contribution >= 4 is 0 Å². The average molecular weight is 277 g/mol. The number of aromatic nitrogens is 4. The molecule has 2 aromatic carbocycles. The Morgan fingerprint density at radius 1 is 1.05 bits per heavy atom. The molecule has 1 aromatic heterocycles. The molecule has 7 heteroatoms. The number of hydrogen-bond donors (Lipinski definition) is 0. The van der Waals surface area contributed by atoms with Gasteiger partial charge in [-0.15, -0.1) is 5.10 Å². The van der Waals surface area contributed by atoms with E-state index in [0.717, 1.165) is 22.4 Å². The Labute approximate surface area is 120 Å². The van der Waals surface area contributed by atoms with Crippen LogP contribution in [0.1, 0.15) is 5.56 Å². The Balaban J connectivity index is 2.16. The SMILES string of the molecule is [N-]=[N+]=NCc1ccccc1-c1ccccc1-n1cnnn1. The molecular weight excluding hydrogens is 266 g/mol. The molecule has 0 saturated heterocycles. The van der Waals surface area contributed by atoms with E-state index in [0.29, 0.717) is 6.54 Å². The monoisotopic (exact) mass is 277 g/mol. The third kappa shape index (κ3) is 2.58. The minimum Gasteiger partial charge on any atom is -0.200 e. The van der Waals surface area contributed by atoms with Crippen molar-refractivity contribution in [1.29, 1.82) is 0 Å². The number of para-hydroxylation sites is 1. The van der Waals surface area contributed by atoms with Crippen molar-refractivity contribution in [2.75, 3.05) is 0 Å². The van der Waals surface area contributed by atoms with Gasteiger partial charge in [0.25, 0.3) is 0 Å². The Bertz CT molecular complexity index is 789. The first-order valence-electron chi connectivity index (χ1n) is 6.31. The molecule has 0 unspecified atom stereocenters. The van der Waals surface area contributed by atoms with Gasteiger partial charge in [0.2, 0.25) is 0 Å². The second-order valence-corrected chi connectivity index (χ2v) is 4.32. The summed E-state index contributed by atoms with van der Waals surface area (Å²) in [5.74, 6) is 0. The van der Waals surface area contributed by atoms with Crippen LogP contribution >= 0.6 is 0 Å². The molecule has 0 atom stereocenters. The maximum Gasteiger partial charge on any atom is 0.143 e. The van der Waals surface area contributed by atoms with Gasteiger partial charge >= 0.3 is 0 Å². The molecule has 0 N–H and O–H groups in total. The molecule has 0 fully saturated rings. The topological polar surface area (TPSA) is 92.4 Å². The first-order valence-corrected chi connectivity index (χ1v) is 6.31. The van der Waals surface area contributed by atoms with E-state index in [-0.39, 0.29) is 0 Å². The van der Waals surface area contributed by atoms with Crippen LogP contribution in [0.4, 0.5) is 0 Å². The molecule has 0 spiro atoms. The van der Waals surface area contributed by atoms with E-state index in [2.05, 4.69) is 25.6 Å². The molecule has 7 nitrogen and oxygen atoms in total. The maximum absolute atomic E-state index is 8.52. The van der Waals surface area contributed by atoms with Crippen molar-refractivity contribution < 1.29 is 0 Å². The number of azide groups is 1. The predicted octanol–water partition coefficient (Wildman–Crippen LogP) is 3.14. The zero-order valence-electron chi connectivity index (χ0n) is 11.0. The first kappa shape index (κ1) is 12.8. The van der Waals surface area contributed by atoms with Crippen molar-refractivity contribution in [3.63, 3.8) is 0 Å². The Morgan fingerprint density at radius 2 is 1.81 bits per heavy atom. The number of benzene rings is 2. The highest BCUT2D eigenvalue weighted by molar-refractivity contribution is 5.75. The van der Waals surface area contributed by atoms with Gasteiger partial charge in [0.05, 0.1) is 12.2 Å². The lowest BCUT2D eigenvalue weighted by atomic mass is 9.98. The van der Waals surface area contributed by atoms with Gasteiger partial charge < -0.3 is 0 Å². The maximum atomic E-state index is 8.52. The molecule has 3 aromatic rings. The molecule has 1 heterocycles. The van der Waals surface area contributed by atoms with E-state index in [4.69, 9.17) is 5.53 Å². The molecule has 3 rings (SSSR count). The molecule has 102 valence electrons. The smallest absolute Gasteiger partial charge is 0.143 e. The fourth-order valence-electron chi connectivity index (χ4n) is 2.20. The standard InChI is InChI=1S/C14H11N7/c15-18-16-9-11-5-1-2-6-12(11)13-7-3-4-8-14(13)21-10-17-19-20-21/h1-8,10H,9H2. The van der Waals surface area contributed by atoms with Crippen LogP contribution in [0.3, 0.4) is 0 Å². The normalized spacial score (nSPS) is 10.1. The highest BCUT2D eigenvalue weighted by atomic mass is 15.5. The summed E-state index contributed by atoms with van der Waals surface area (Å²) in [6, 6.07) is 15.6. The predicted molar refractivity (Wildman–Crippen MR) is 77.4 cm³/mol.